The molecule has 24 heavy (non-hydrogen) atoms. The van der Waals surface area contributed by atoms with Gasteiger partial charge in [0, 0.05) is 36.9 Å². The predicted molar refractivity (Wildman–Crippen MR) is 93.2 cm³/mol. The lowest BCUT2D eigenvalue weighted by atomic mass is 9.98. The minimum absolute atomic E-state index is 0.0944. The summed E-state index contributed by atoms with van der Waals surface area (Å²) in [5, 5.41) is 28.7. The fourth-order valence-electron chi connectivity index (χ4n) is 3.10. The number of ketones is 1. The summed E-state index contributed by atoms with van der Waals surface area (Å²) in [6, 6.07) is 0. The molecular formula is C17H30O6S. The SMILES string of the molecule is COCC(C)(O)CS[C@H]1C(O)CC(=O)[C@@H]1CCCCCCC(=O)O. The zero-order valence-electron chi connectivity index (χ0n) is 14.6. The van der Waals surface area contributed by atoms with Crippen LogP contribution in [0.25, 0.3) is 0 Å². The third-order valence-electron chi connectivity index (χ3n) is 4.30. The van der Waals surface area contributed by atoms with Gasteiger partial charge in [0.25, 0.3) is 0 Å². The highest BCUT2D eigenvalue weighted by Crippen LogP contribution is 2.37. The Hall–Kier alpha value is -0.630. The molecule has 0 aliphatic heterocycles. The van der Waals surface area contributed by atoms with E-state index in [0.29, 0.717) is 18.6 Å². The van der Waals surface area contributed by atoms with Crippen LogP contribution in [0.4, 0.5) is 0 Å². The maximum Gasteiger partial charge on any atom is 0.303 e. The summed E-state index contributed by atoms with van der Waals surface area (Å²) in [5.41, 5.74) is -0.980. The Balaban J connectivity index is 2.39. The Bertz CT molecular complexity index is 412. The average Bonchev–Trinajstić information content (AvgIpc) is 2.74. The van der Waals surface area contributed by atoms with Crippen molar-refractivity contribution in [2.75, 3.05) is 19.5 Å². The van der Waals surface area contributed by atoms with Gasteiger partial charge in [0.2, 0.25) is 0 Å². The minimum atomic E-state index is -0.980. The van der Waals surface area contributed by atoms with Gasteiger partial charge in [-0.25, -0.2) is 0 Å². The first-order valence-electron chi connectivity index (χ1n) is 8.52. The van der Waals surface area contributed by atoms with Gasteiger partial charge in [-0.1, -0.05) is 19.3 Å². The Morgan fingerprint density at radius 1 is 1.33 bits per heavy atom. The van der Waals surface area contributed by atoms with Crippen LogP contribution in [0.3, 0.4) is 0 Å². The highest BCUT2D eigenvalue weighted by atomic mass is 32.2. The summed E-state index contributed by atoms with van der Waals surface area (Å²) in [6.45, 7) is 1.90. The number of methoxy groups -OCH3 is 1. The summed E-state index contributed by atoms with van der Waals surface area (Å²) in [4.78, 5) is 22.6. The smallest absolute Gasteiger partial charge is 0.303 e. The summed E-state index contributed by atoms with van der Waals surface area (Å²) in [7, 11) is 1.53. The number of hydrogen-bond acceptors (Lipinski definition) is 6. The molecule has 0 heterocycles. The molecule has 0 spiro atoms. The van der Waals surface area contributed by atoms with E-state index < -0.39 is 17.7 Å². The second kappa shape index (κ2) is 10.4. The fraction of sp³-hybridized carbons (Fsp3) is 0.882. The van der Waals surface area contributed by atoms with Gasteiger partial charge in [-0.3, -0.25) is 9.59 Å². The lowest BCUT2D eigenvalue weighted by Gasteiger charge is -2.26. The van der Waals surface area contributed by atoms with E-state index in [2.05, 4.69) is 0 Å². The van der Waals surface area contributed by atoms with E-state index in [4.69, 9.17) is 9.84 Å². The van der Waals surface area contributed by atoms with Crippen LogP contribution in [0.2, 0.25) is 0 Å². The monoisotopic (exact) mass is 362 g/mol. The molecule has 7 heteroatoms. The second-order valence-electron chi connectivity index (χ2n) is 6.90. The molecule has 0 bridgehead atoms. The molecule has 1 rings (SSSR count). The number of aliphatic hydroxyl groups is 2. The summed E-state index contributed by atoms with van der Waals surface area (Å²) >= 11 is 1.44. The molecule has 140 valence electrons. The van der Waals surface area contributed by atoms with Crippen molar-refractivity contribution < 1.29 is 29.6 Å². The number of carbonyl (C=O) groups excluding carboxylic acids is 1. The number of aliphatic carboxylic acids is 1. The van der Waals surface area contributed by atoms with Crippen LogP contribution < -0.4 is 0 Å². The number of aliphatic hydroxyl groups excluding tert-OH is 1. The van der Waals surface area contributed by atoms with Crippen molar-refractivity contribution >= 4 is 23.5 Å². The van der Waals surface area contributed by atoms with Crippen molar-refractivity contribution in [2.24, 2.45) is 5.92 Å². The molecular weight excluding hydrogens is 332 g/mol. The van der Waals surface area contributed by atoms with Gasteiger partial charge in [0.1, 0.15) is 5.78 Å². The Labute approximate surface area is 148 Å². The first kappa shape index (κ1) is 21.4. The summed E-state index contributed by atoms with van der Waals surface area (Å²) in [5.74, 6) is -0.450. The highest BCUT2D eigenvalue weighted by molar-refractivity contribution is 8.00. The van der Waals surface area contributed by atoms with Gasteiger partial charge in [0.15, 0.2) is 0 Å². The third kappa shape index (κ3) is 7.51. The van der Waals surface area contributed by atoms with Gasteiger partial charge in [-0.15, -0.1) is 0 Å². The molecule has 1 saturated carbocycles. The highest BCUT2D eigenvalue weighted by Gasteiger charge is 2.42. The molecule has 0 aromatic rings. The topological polar surface area (TPSA) is 104 Å². The number of thioether (sulfide) groups is 1. The van der Waals surface area contributed by atoms with E-state index >= 15 is 0 Å². The molecule has 0 aromatic heterocycles. The molecule has 1 aliphatic carbocycles. The first-order valence-corrected chi connectivity index (χ1v) is 9.57. The van der Waals surface area contributed by atoms with Crippen LogP contribution in [0.15, 0.2) is 0 Å². The van der Waals surface area contributed by atoms with Gasteiger partial charge >= 0.3 is 5.97 Å². The van der Waals surface area contributed by atoms with E-state index in [1.54, 1.807) is 6.92 Å². The Kier molecular flexibility index (Phi) is 9.26. The summed E-state index contributed by atoms with van der Waals surface area (Å²) in [6.07, 6.45) is 3.69. The Morgan fingerprint density at radius 2 is 2.00 bits per heavy atom. The number of Topliss-reactive ketones (excluding diaryl/α,β-unsaturated/α-hetero) is 1. The number of hydrogen-bond donors (Lipinski definition) is 3. The zero-order chi connectivity index (χ0) is 18.2. The first-order chi connectivity index (χ1) is 11.3. The van der Waals surface area contributed by atoms with Crippen molar-refractivity contribution in [1.82, 2.24) is 0 Å². The zero-order valence-corrected chi connectivity index (χ0v) is 15.4. The standard InChI is InChI=1S/C17H30O6S/c1-17(22,10-23-2)11-24-16-12(13(18)9-14(16)19)7-5-3-4-6-8-15(20)21/h12,14,16,19,22H,3-11H2,1-2H3,(H,20,21)/t12-,14?,16+,17?/m0/s1. The van der Waals surface area contributed by atoms with Crippen LogP contribution in [0, 0.1) is 5.92 Å². The largest absolute Gasteiger partial charge is 0.481 e. The van der Waals surface area contributed by atoms with Crippen LogP contribution in [-0.4, -0.2) is 63.5 Å². The number of carboxylic acids is 1. The normalized spacial score (nSPS) is 26.5. The van der Waals surface area contributed by atoms with Crippen LogP contribution >= 0.6 is 11.8 Å². The maximum atomic E-state index is 12.1. The third-order valence-corrected chi connectivity index (χ3v) is 6.11. The van der Waals surface area contributed by atoms with Gasteiger partial charge < -0.3 is 20.1 Å². The van der Waals surface area contributed by atoms with Crippen LogP contribution in [-0.2, 0) is 14.3 Å². The quantitative estimate of drug-likeness (QED) is 0.455. The number of carboxylic acid groups (broad SMARTS) is 1. The maximum absolute atomic E-state index is 12.1. The van der Waals surface area contributed by atoms with Gasteiger partial charge in [0.05, 0.1) is 18.3 Å². The molecule has 3 N–H and O–H groups in total. The molecule has 0 radical (unpaired) electrons. The molecule has 2 unspecified atom stereocenters. The minimum Gasteiger partial charge on any atom is -0.481 e. The predicted octanol–water partition coefficient (Wildman–Crippen LogP) is 1.86. The van der Waals surface area contributed by atoms with Crippen LogP contribution in [0.5, 0.6) is 0 Å². The van der Waals surface area contributed by atoms with Crippen molar-refractivity contribution in [1.29, 1.82) is 0 Å². The van der Waals surface area contributed by atoms with Crippen molar-refractivity contribution in [3.8, 4) is 0 Å². The van der Waals surface area contributed by atoms with E-state index in [-0.39, 0.29) is 36.4 Å². The van der Waals surface area contributed by atoms with Gasteiger partial charge in [-0.2, -0.15) is 11.8 Å². The molecule has 0 amide bonds. The van der Waals surface area contributed by atoms with E-state index in [1.807, 2.05) is 0 Å². The molecule has 0 saturated heterocycles. The van der Waals surface area contributed by atoms with Crippen LogP contribution in [0.1, 0.15) is 51.9 Å². The van der Waals surface area contributed by atoms with Crippen molar-refractivity contribution in [2.45, 2.75) is 68.8 Å². The summed E-state index contributed by atoms with van der Waals surface area (Å²) < 4.78 is 4.98. The lowest BCUT2D eigenvalue weighted by Crippen LogP contribution is -2.35. The van der Waals surface area contributed by atoms with Crippen molar-refractivity contribution in [3.05, 3.63) is 0 Å². The molecule has 0 aromatic carbocycles. The van der Waals surface area contributed by atoms with Crippen molar-refractivity contribution in [3.63, 3.8) is 0 Å². The second-order valence-corrected chi connectivity index (χ2v) is 8.06. The fourth-order valence-corrected chi connectivity index (χ4v) is 4.57. The molecule has 1 aliphatic rings. The van der Waals surface area contributed by atoms with Gasteiger partial charge in [-0.05, 0) is 19.8 Å². The van der Waals surface area contributed by atoms with E-state index in [1.165, 1.54) is 18.9 Å². The number of unbranched alkanes of at least 4 members (excludes halogenated alkanes) is 3. The number of carbonyl (C=O) groups is 2. The average molecular weight is 362 g/mol. The molecule has 4 atom stereocenters. The lowest BCUT2D eigenvalue weighted by molar-refractivity contribution is -0.137. The van der Waals surface area contributed by atoms with E-state index in [9.17, 15) is 19.8 Å². The number of ether oxygens (including phenoxy) is 1. The molecule has 6 nitrogen and oxygen atoms in total. The number of rotatable bonds is 12. The molecule has 1 fully saturated rings. The van der Waals surface area contributed by atoms with E-state index in [0.717, 1.165) is 19.3 Å². The Morgan fingerprint density at radius 3 is 2.62 bits per heavy atom.